The van der Waals surface area contributed by atoms with E-state index in [9.17, 15) is 4.79 Å². The molecule has 0 aliphatic heterocycles. The highest BCUT2D eigenvalue weighted by atomic mass is 16.5. The van der Waals surface area contributed by atoms with Crippen molar-refractivity contribution in [3.05, 3.63) is 53.2 Å². The van der Waals surface area contributed by atoms with E-state index in [0.29, 0.717) is 37.4 Å². The Hall–Kier alpha value is -3.04. The summed E-state index contributed by atoms with van der Waals surface area (Å²) in [7, 11) is 1.57. The molecule has 0 spiro atoms. The maximum absolute atomic E-state index is 12.3. The number of hydrogen-bond acceptors (Lipinski definition) is 5. The molecule has 6 heteroatoms. The lowest BCUT2D eigenvalue weighted by molar-refractivity contribution is 0.0951. The number of unbranched alkanes of at least 4 members (excludes halogenated alkanes) is 1. The molecule has 6 nitrogen and oxygen atoms in total. The highest BCUT2D eigenvalue weighted by molar-refractivity contribution is 5.98. The molecule has 1 amide bonds. The molecule has 1 aromatic carbocycles. The van der Waals surface area contributed by atoms with Crippen molar-refractivity contribution in [2.45, 2.75) is 26.0 Å². The van der Waals surface area contributed by atoms with Gasteiger partial charge in [0, 0.05) is 20.1 Å². The van der Waals surface area contributed by atoms with Crippen molar-refractivity contribution < 1.29 is 14.3 Å². The molecule has 2 aromatic rings. The number of terminal acetylenes is 1. The number of benzene rings is 1. The fourth-order valence-electron chi connectivity index (χ4n) is 2.32. The Morgan fingerprint density at radius 1 is 1.35 bits per heavy atom. The van der Waals surface area contributed by atoms with Crippen LogP contribution in [0.25, 0.3) is 0 Å². The molecule has 0 aliphatic carbocycles. The number of hydrogen-bond donors (Lipinski definition) is 2. The first-order valence-electron chi connectivity index (χ1n) is 8.31. The van der Waals surface area contributed by atoms with Crippen molar-refractivity contribution in [1.82, 2.24) is 10.3 Å². The summed E-state index contributed by atoms with van der Waals surface area (Å²) in [5.74, 6) is 3.23. The Morgan fingerprint density at radius 2 is 2.19 bits per heavy atom. The lowest BCUT2D eigenvalue weighted by Gasteiger charge is -2.10. The Balaban J connectivity index is 1.92. The van der Waals surface area contributed by atoms with Crippen molar-refractivity contribution in [2.24, 2.45) is 0 Å². The van der Waals surface area contributed by atoms with Gasteiger partial charge in [-0.2, -0.15) is 0 Å². The first-order chi connectivity index (χ1) is 12.6. The Morgan fingerprint density at radius 3 is 2.92 bits per heavy atom. The number of nitrogens with zero attached hydrogens (tertiary/aromatic N) is 1. The third kappa shape index (κ3) is 5.80. The molecule has 2 rings (SSSR count). The third-order valence-corrected chi connectivity index (χ3v) is 3.60. The van der Waals surface area contributed by atoms with E-state index in [-0.39, 0.29) is 11.7 Å². The van der Waals surface area contributed by atoms with Crippen molar-refractivity contribution in [3.8, 4) is 18.1 Å². The summed E-state index contributed by atoms with van der Waals surface area (Å²) in [6.07, 6.45) is 6.71. The van der Waals surface area contributed by atoms with E-state index in [1.807, 2.05) is 24.3 Å². The number of pyridine rings is 1. The first kappa shape index (κ1) is 19.3. The van der Waals surface area contributed by atoms with Crippen LogP contribution in [0, 0.1) is 12.3 Å². The average molecular weight is 353 g/mol. The summed E-state index contributed by atoms with van der Waals surface area (Å²) in [6.45, 7) is 1.27. The zero-order chi connectivity index (χ0) is 18.8. The Labute approximate surface area is 153 Å². The minimum atomic E-state index is -0.278. The van der Waals surface area contributed by atoms with Gasteiger partial charge in [0.1, 0.15) is 11.6 Å². The van der Waals surface area contributed by atoms with Crippen LogP contribution in [-0.2, 0) is 17.9 Å². The van der Waals surface area contributed by atoms with E-state index >= 15 is 0 Å². The maximum atomic E-state index is 12.3. The van der Waals surface area contributed by atoms with Gasteiger partial charge in [-0.1, -0.05) is 12.1 Å². The van der Waals surface area contributed by atoms with E-state index < -0.39 is 0 Å². The van der Waals surface area contributed by atoms with Gasteiger partial charge in [0.25, 0.3) is 5.91 Å². The van der Waals surface area contributed by atoms with E-state index in [0.717, 1.165) is 17.7 Å². The minimum Gasteiger partial charge on any atom is -0.494 e. The third-order valence-electron chi connectivity index (χ3n) is 3.60. The van der Waals surface area contributed by atoms with Crippen LogP contribution in [0.5, 0.6) is 5.75 Å². The molecule has 0 atom stereocenters. The smallest absolute Gasteiger partial charge is 0.255 e. The molecule has 1 aromatic heterocycles. The van der Waals surface area contributed by atoms with Gasteiger partial charge in [0.05, 0.1) is 24.5 Å². The number of amides is 1. The second kappa shape index (κ2) is 10.1. The fourth-order valence-corrected chi connectivity index (χ4v) is 2.32. The lowest BCUT2D eigenvalue weighted by Crippen LogP contribution is -2.24. The van der Waals surface area contributed by atoms with Gasteiger partial charge < -0.3 is 20.5 Å². The second-order valence-corrected chi connectivity index (χ2v) is 5.65. The molecular formula is C20H23N3O3. The Bertz CT molecular complexity index is 784. The number of nitrogens with two attached hydrogens (primary N) is 1. The molecule has 26 heavy (non-hydrogen) atoms. The summed E-state index contributed by atoms with van der Waals surface area (Å²) >= 11 is 0. The van der Waals surface area contributed by atoms with Crippen LogP contribution < -0.4 is 15.8 Å². The minimum absolute atomic E-state index is 0.183. The van der Waals surface area contributed by atoms with E-state index in [1.165, 1.54) is 0 Å². The van der Waals surface area contributed by atoms with Gasteiger partial charge in [-0.3, -0.25) is 4.79 Å². The molecule has 0 radical (unpaired) electrons. The van der Waals surface area contributed by atoms with Gasteiger partial charge >= 0.3 is 0 Å². The molecule has 0 fully saturated rings. The SMILES string of the molecule is C#CCCCOc1cccc(CNC(=O)c2ccc(COC)nc2N)c1. The van der Waals surface area contributed by atoms with Crippen LogP contribution in [0.15, 0.2) is 36.4 Å². The van der Waals surface area contributed by atoms with Crippen LogP contribution in [0.2, 0.25) is 0 Å². The van der Waals surface area contributed by atoms with Gasteiger partial charge in [-0.15, -0.1) is 12.3 Å². The second-order valence-electron chi connectivity index (χ2n) is 5.65. The predicted octanol–water partition coefficient (Wildman–Crippen LogP) is 2.53. The van der Waals surface area contributed by atoms with Crippen LogP contribution in [0.4, 0.5) is 5.82 Å². The maximum Gasteiger partial charge on any atom is 0.255 e. The van der Waals surface area contributed by atoms with Crippen LogP contribution in [0.1, 0.15) is 34.5 Å². The number of carbonyl (C=O) groups is 1. The van der Waals surface area contributed by atoms with Gasteiger partial charge in [0.2, 0.25) is 0 Å². The molecule has 1 heterocycles. The number of methoxy groups -OCH3 is 1. The zero-order valence-electron chi connectivity index (χ0n) is 14.8. The molecular weight excluding hydrogens is 330 g/mol. The van der Waals surface area contributed by atoms with Gasteiger partial charge in [0.15, 0.2) is 0 Å². The zero-order valence-corrected chi connectivity index (χ0v) is 14.8. The number of nitrogen functional groups attached to an aromatic ring is 1. The van der Waals surface area contributed by atoms with Crippen LogP contribution in [0.3, 0.4) is 0 Å². The first-order valence-corrected chi connectivity index (χ1v) is 8.31. The monoisotopic (exact) mass is 353 g/mol. The number of anilines is 1. The molecule has 3 N–H and O–H groups in total. The molecule has 136 valence electrons. The number of rotatable bonds is 9. The number of aromatic nitrogens is 1. The largest absolute Gasteiger partial charge is 0.494 e. The average Bonchev–Trinajstić information content (AvgIpc) is 2.64. The van der Waals surface area contributed by atoms with E-state index in [4.69, 9.17) is 21.6 Å². The number of nitrogens with one attached hydrogen (secondary N) is 1. The lowest BCUT2D eigenvalue weighted by atomic mass is 10.2. The van der Waals surface area contributed by atoms with Crippen molar-refractivity contribution in [3.63, 3.8) is 0 Å². The topological polar surface area (TPSA) is 86.5 Å². The van der Waals surface area contributed by atoms with Crippen molar-refractivity contribution in [2.75, 3.05) is 19.5 Å². The number of carbonyl (C=O) groups excluding carboxylic acids is 1. The summed E-state index contributed by atoms with van der Waals surface area (Å²) < 4.78 is 10.6. The number of ether oxygens (including phenoxy) is 2. The fraction of sp³-hybridized carbons (Fsp3) is 0.300. The van der Waals surface area contributed by atoms with Crippen LogP contribution in [-0.4, -0.2) is 24.6 Å². The van der Waals surface area contributed by atoms with E-state index in [2.05, 4.69) is 16.2 Å². The highest BCUT2D eigenvalue weighted by Crippen LogP contribution is 2.15. The van der Waals surface area contributed by atoms with Crippen molar-refractivity contribution in [1.29, 1.82) is 0 Å². The normalized spacial score (nSPS) is 10.2. The summed E-state index contributed by atoms with van der Waals surface area (Å²) in [4.78, 5) is 16.5. The molecule has 0 bridgehead atoms. The summed E-state index contributed by atoms with van der Waals surface area (Å²) in [5.41, 5.74) is 7.81. The standard InChI is InChI=1S/C20H23N3O3/c1-3-4-5-11-26-17-8-6-7-15(12-17)13-22-20(24)18-10-9-16(14-25-2)23-19(18)21/h1,6-10,12H,4-5,11,13-14H2,2H3,(H2,21,23)(H,22,24). The molecule has 0 unspecified atom stereocenters. The van der Waals surface area contributed by atoms with E-state index in [1.54, 1.807) is 19.2 Å². The molecule has 0 aliphatic rings. The molecule has 0 saturated heterocycles. The molecule has 0 saturated carbocycles. The summed E-state index contributed by atoms with van der Waals surface area (Å²) in [5, 5.41) is 2.84. The van der Waals surface area contributed by atoms with Crippen LogP contribution >= 0.6 is 0 Å². The Kier molecular flexibility index (Phi) is 7.47. The van der Waals surface area contributed by atoms with Gasteiger partial charge in [-0.25, -0.2) is 4.98 Å². The highest BCUT2D eigenvalue weighted by Gasteiger charge is 2.11. The van der Waals surface area contributed by atoms with Gasteiger partial charge in [-0.05, 0) is 36.2 Å². The predicted molar refractivity (Wildman–Crippen MR) is 101 cm³/mol. The van der Waals surface area contributed by atoms with Crippen molar-refractivity contribution >= 4 is 11.7 Å². The summed E-state index contributed by atoms with van der Waals surface area (Å²) in [6, 6.07) is 10.9. The quantitative estimate of drug-likeness (QED) is 0.534.